The summed E-state index contributed by atoms with van der Waals surface area (Å²) in [6.45, 7) is 3.65. The first kappa shape index (κ1) is 16.4. The van der Waals surface area contributed by atoms with Crippen LogP contribution in [0.1, 0.15) is 19.4 Å². The van der Waals surface area contributed by atoms with Crippen molar-refractivity contribution in [2.24, 2.45) is 5.73 Å². The number of hydrogen-bond donors (Lipinski definition) is 3. The van der Waals surface area contributed by atoms with Crippen LogP contribution in [0.25, 0.3) is 16.9 Å². The Kier molecular flexibility index (Phi) is 4.61. The minimum atomic E-state index is -0.385. The highest BCUT2D eigenvalue weighted by Crippen LogP contribution is 2.20. The van der Waals surface area contributed by atoms with Gasteiger partial charge in [0.25, 0.3) is 12.0 Å². The predicted molar refractivity (Wildman–Crippen MR) is 87.2 cm³/mol. The highest BCUT2D eigenvalue weighted by molar-refractivity contribution is 5.57. The van der Waals surface area contributed by atoms with E-state index in [0.29, 0.717) is 11.3 Å². The maximum atomic E-state index is 11.9. The summed E-state index contributed by atoms with van der Waals surface area (Å²) in [5.74, 6) is 0.542. The van der Waals surface area contributed by atoms with Crippen molar-refractivity contribution >= 4 is 12.0 Å². The van der Waals surface area contributed by atoms with E-state index in [0.717, 1.165) is 11.1 Å². The van der Waals surface area contributed by atoms with Crippen molar-refractivity contribution in [1.82, 2.24) is 14.6 Å². The van der Waals surface area contributed by atoms with Gasteiger partial charge in [-0.05, 0) is 31.5 Å². The molecule has 0 saturated carbocycles. The van der Waals surface area contributed by atoms with Crippen LogP contribution >= 0.6 is 0 Å². The zero-order chi connectivity index (χ0) is 17.0. The third-order valence-corrected chi connectivity index (χ3v) is 3.30. The number of nitrogens with two attached hydrogens (primary N) is 1. The molecular weight excluding hydrogens is 296 g/mol. The molecule has 0 atom stereocenters. The average Bonchev–Trinajstić information content (AvgIpc) is 2.96. The van der Waals surface area contributed by atoms with Crippen molar-refractivity contribution in [3.05, 3.63) is 58.5 Å². The SMILES string of the molecule is CC(C)(N)c1ccc(-c2nn3cccc3c(=O)[nH]2)cc1.O=CO. The fraction of sp³-hybridized carbons (Fsp3) is 0.188. The second-order valence-electron chi connectivity index (χ2n) is 5.55. The molecule has 2 heterocycles. The van der Waals surface area contributed by atoms with Gasteiger partial charge in [0.1, 0.15) is 5.52 Å². The maximum absolute atomic E-state index is 11.9. The Morgan fingerprint density at radius 2 is 1.87 bits per heavy atom. The highest BCUT2D eigenvalue weighted by atomic mass is 16.3. The number of rotatable bonds is 2. The number of aromatic amines is 1. The molecule has 0 aliphatic rings. The van der Waals surface area contributed by atoms with Gasteiger partial charge in [0.2, 0.25) is 0 Å². The van der Waals surface area contributed by atoms with Gasteiger partial charge < -0.3 is 15.8 Å². The number of hydrogen-bond acceptors (Lipinski definition) is 4. The summed E-state index contributed by atoms with van der Waals surface area (Å²) in [6.07, 6.45) is 1.76. The van der Waals surface area contributed by atoms with Crippen LogP contribution in [-0.2, 0) is 10.3 Å². The van der Waals surface area contributed by atoms with Crippen molar-refractivity contribution in [3.8, 4) is 11.4 Å². The summed E-state index contributed by atoms with van der Waals surface area (Å²) < 4.78 is 1.58. The van der Waals surface area contributed by atoms with Crippen molar-refractivity contribution in [3.63, 3.8) is 0 Å². The summed E-state index contributed by atoms with van der Waals surface area (Å²) in [4.78, 5) is 23.1. The van der Waals surface area contributed by atoms with Gasteiger partial charge in [0.15, 0.2) is 5.82 Å². The molecule has 0 fully saturated rings. The molecule has 7 heteroatoms. The lowest BCUT2D eigenvalue weighted by Gasteiger charge is -2.19. The van der Waals surface area contributed by atoms with Gasteiger partial charge in [-0.25, -0.2) is 4.52 Å². The smallest absolute Gasteiger partial charge is 0.290 e. The third-order valence-electron chi connectivity index (χ3n) is 3.30. The second kappa shape index (κ2) is 6.45. The minimum Gasteiger partial charge on any atom is -0.483 e. The van der Waals surface area contributed by atoms with Gasteiger partial charge in [0.05, 0.1) is 0 Å². The standard InChI is InChI=1S/C15H16N4O.CH2O2/c1-15(2,16)11-7-5-10(6-8-11)13-17-14(20)12-4-3-9-19(12)18-13;2-1-3/h3-9H,16H2,1-2H3,(H,17,18,20);1H,(H,2,3). The fourth-order valence-electron chi connectivity index (χ4n) is 2.13. The molecule has 3 rings (SSSR count). The largest absolute Gasteiger partial charge is 0.483 e. The van der Waals surface area contributed by atoms with E-state index in [4.69, 9.17) is 15.6 Å². The van der Waals surface area contributed by atoms with Crippen LogP contribution in [0.3, 0.4) is 0 Å². The first-order valence-electron chi connectivity index (χ1n) is 6.92. The van der Waals surface area contributed by atoms with Crippen LogP contribution in [-0.4, -0.2) is 26.2 Å². The van der Waals surface area contributed by atoms with E-state index in [1.165, 1.54) is 0 Å². The number of carbonyl (C=O) groups is 1. The Morgan fingerprint density at radius 3 is 2.43 bits per heavy atom. The molecule has 0 aliphatic heterocycles. The van der Waals surface area contributed by atoms with Gasteiger partial charge in [0, 0.05) is 17.3 Å². The first-order valence-corrected chi connectivity index (χ1v) is 6.92. The number of H-pyrrole nitrogens is 1. The topological polar surface area (TPSA) is 113 Å². The molecule has 0 unspecified atom stereocenters. The molecule has 23 heavy (non-hydrogen) atoms. The molecule has 3 aromatic rings. The van der Waals surface area contributed by atoms with E-state index < -0.39 is 0 Å². The molecule has 1 aromatic carbocycles. The molecule has 0 amide bonds. The van der Waals surface area contributed by atoms with Crippen LogP contribution in [0.2, 0.25) is 0 Å². The maximum Gasteiger partial charge on any atom is 0.290 e. The van der Waals surface area contributed by atoms with E-state index in [-0.39, 0.29) is 17.6 Å². The van der Waals surface area contributed by atoms with E-state index in [2.05, 4.69) is 10.1 Å². The van der Waals surface area contributed by atoms with Gasteiger partial charge >= 0.3 is 0 Å². The normalized spacial score (nSPS) is 10.9. The van der Waals surface area contributed by atoms with Gasteiger partial charge in [-0.3, -0.25) is 9.59 Å². The number of carboxylic acid groups (broad SMARTS) is 1. The van der Waals surface area contributed by atoms with Gasteiger partial charge in [-0.2, -0.15) is 0 Å². The summed E-state index contributed by atoms with van der Waals surface area (Å²) >= 11 is 0. The van der Waals surface area contributed by atoms with E-state index >= 15 is 0 Å². The van der Waals surface area contributed by atoms with Crippen LogP contribution in [0, 0.1) is 0 Å². The number of aromatic nitrogens is 3. The van der Waals surface area contributed by atoms with Gasteiger partial charge in [-0.15, -0.1) is 5.10 Å². The average molecular weight is 314 g/mol. The fourth-order valence-corrected chi connectivity index (χ4v) is 2.13. The van der Waals surface area contributed by atoms with E-state index in [1.54, 1.807) is 22.8 Å². The molecule has 0 aliphatic carbocycles. The van der Waals surface area contributed by atoms with Crippen LogP contribution in [0.15, 0.2) is 47.4 Å². The van der Waals surface area contributed by atoms with Crippen LogP contribution < -0.4 is 11.3 Å². The first-order chi connectivity index (χ1) is 10.9. The zero-order valence-electron chi connectivity index (χ0n) is 12.9. The Labute approximate surface area is 132 Å². The lowest BCUT2D eigenvalue weighted by atomic mass is 9.95. The van der Waals surface area contributed by atoms with Crippen LogP contribution in [0.5, 0.6) is 0 Å². The van der Waals surface area contributed by atoms with Crippen LogP contribution in [0.4, 0.5) is 0 Å². The predicted octanol–water partition coefficient (Wildman–Crippen LogP) is 1.58. The van der Waals surface area contributed by atoms with Crippen molar-refractivity contribution < 1.29 is 9.90 Å². The summed E-state index contributed by atoms with van der Waals surface area (Å²) in [5, 5.41) is 11.3. The second-order valence-corrected chi connectivity index (χ2v) is 5.55. The summed E-state index contributed by atoms with van der Waals surface area (Å²) in [6, 6.07) is 11.3. The monoisotopic (exact) mass is 314 g/mol. The molecule has 7 nitrogen and oxygen atoms in total. The summed E-state index contributed by atoms with van der Waals surface area (Å²) in [5.41, 5.74) is 7.94. The Hall–Kier alpha value is -2.93. The molecular formula is C16H18N4O3. The molecule has 0 bridgehead atoms. The number of nitrogens with one attached hydrogen (secondary N) is 1. The number of nitrogens with zero attached hydrogens (tertiary/aromatic N) is 2. The zero-order valence-corrected chi connectivity index (χ0v) is 12.9. The molecule has 0 saturated heterocycles. The molecule has 0 radical (unpaired) electrons. The Bertz CT molecular complexity index is 857. The highest BCUT2D eigenvalue weighted by Gasteiger charge is 2.14. The summed E-state index contributed by atoms with van der Waals surface area (Å²) in [7, 11) is 0. The Balaban J connectivity index is 0.000000595. The quantitative estimate of drug-likeness (QED) is 0.621. The van der Waals surface area contributed by atoms with Crippen molar-refractivity contribution in [1.29, 1.82) is 0 Å². The van der Waals surface area contributed by atoms with Crippen molar-refractivity contribution in [2.45, 2.75) is 19.4 Å². The molecule has 4 N–H and O–H groups in total. The molecule has 2 aromatic heterocycles. The van der Waals surface area contributed by atoms with E-state index in [9.17, 15) is 4.79 Å². The Morgan fingerprint density at radius 1 is 1.26 bits per heavy atom. The lowest BCUT2D eigenvalue weighted by molar-refractivity contribution is -0.122. The third kappa shape index (κ3) is 3.64. The minimum absolute atomic E-state index is 0.150. The van der Waals surface area contributed by atoms with Gasteiger partial charge in [-0.1, -0.05) is 24.3 Å². The van der Waals surface area contributed by atoms with E-state index in [1.807, 2.05) is 38.1 Å². The molecule has 120 valence electrons. The number of benzene rings is 1. The number of fused-ring (bicyclic) bond motifs is 1. The lowest BCUT2D eigenvalue weighted by Crippen LogP contribution is -2.28. The van der Waals surface area contributed by atoms with Crippen molar-refractivity contribution in [2.75, 3.05) is 0 Å². The molecule has 0 spiro atoms.